The lowest BCUT2D eigenvalue weighted by Gasteiger charge is -2.22. The predicted molar refractivity (Wildman–Crippen MR) is 83.0 cm³/mol. The van der Waals surface area contributed by atoms with Gasteiger partial charge in [-0.05, 0) is 45.8 Å². The molecule has 2 aromatic rings. The molecule has 1 heterocycles. The third-order valence-corrected chi connectivity index (χ3v) is 3.20. The number of primary amides is 1. The zero-order valence-corrected chi connectivity index (χ0v) is 12.4. The predicted octanol–water partition coefficient (Wildman–Crippen LogP) is 1.92. The average Bonchev–Trinajstić information content (AvgIpc) is 2.41. The average molecular weight is 335 g/mol. The van der Waals surface area contributed by atoms with Crippen molar-refractivity contribution in [1.82, 2.24) is 4.98 Å². The summed E-state index contributed by atoms with van der Waals surface area (Å²) in [7, 11) is 0. The number of anilines is 2. The number of rotatable bonds is 5. The first-order valence-electron chi connectivity index (χ1n) is 6.04. The number of pyridine rings is 1. The summed E-state index contributed by atoms with van der Waals surface area (Å²) in [5.41, 5.74) is 12.7. The van der Waals surface area contributed by atoms with Crippen LogP contribution in [0.1, 0.15) is 5.56 Å². The van der Waals surface area contributed by atoms with E-state index in [1.165, 1.54) is 0 Å². The molecule has 0 aliphatic rings. The van der Waals surface area contributed by atoms with Crippen LogP contribution in [-0.2, 0) is 11.3 Å². The molecular weight excluding hydrogens is 320 g/mol. The van der Waals surface area contributed by atoms with Crippen LogP contribution in [0.15, 0.2) is 47.1 Å². The maximum Gasteiger partial charge on any atom is 0.237 e. The van der Waals surface area contributed by atoms with Gasteiger partial charge in [-0.1, -0.05) is 12.1 Å². The van der Waals surface area contributed by atoms with Gasteiger partial charge in [0, 0.05) is 22.9 Å². The molecule has 104 valence electrons. The minimum Gasteiger partial charge on any atom is -0.399 e. The van der Waals surface area contributed by atoms with Crippen LogP contribution < -0.4 is 16.4 Å². The summed E-state index contributed by atoms with van der Waals surface area (Å²) in [6.45, 7) is 0.650. The van der Waals surface area contributed by atoms with Gasteiger partial charge < -0.3 is 16.4 Å². The Morgan fingerprint density at radius 2 is 1.90 bits per heavy atom. The van der Waals surface area contributed by atoms with E-state index in [4.69, 9.17) is 11.5 Å². The van der Waals surface area contributed by atoms with Crippen molar-refractivity contribution in [2.75, 3.05) is 17.2 Å². The third-order valence-electron chi connectivity index (χ3n) is 2.74. The van der Waals surface area contributed by atoms with Gasteiger partial charge in [0.2, 0.25) is 5.91 Å². The lowest BCUT2D eigenvalue weighted by molar-refractivity contribution is -0.116. The number of halogens is 1. The summed E-state index contributed by atoms with van der Waals surface area (Å²) < 4.78 is 0.882. The molecule has 0 saturated heterocycles. The lowest BCUT2D eigenvalue weighted by Crippen LogP contribution is -2.33. The summed E-state index contributed by atoms with van der Waals surface area (Å²) in [4.78, 5) is 17.3. The first-order valence-corrected chi connectivity index (χ1v) is 6.83. The number of nitrogen functional groups attached to an aromatic ring is 1. The van der Waals surface area contributed by atoms with Crippen molar-refractivity contribution in [2.45, 2.75) is 6.54 Å². The van der Waals surface area contributed by atoms with Crippen LogP contribution in [0, 0.1) is 0 Å². The van der Waals surface area contributed by atoms with Crippen molar-refractivity contribution in [3.8, 4) is 0 Å². The molecule has 0 spiro atoms. The number of nitrogens with two attached hydrogens (primary N) is 2. The summed E-state index contributed by atoms with van der Waals surface area (Å²) in [6, 6.07) is 11.2. The fourth-order valence-electron chi connectivity index (χ4n) is 1.80. The van der Waals surface area contributed by atoms with Crippen LogP contribution in [-0.4, -0.2) is 17.4 Å². The summed E-state index contributed by atoms with van der Waals surface area (Å²) >= 11 is 3.33. The van der Waals surface area contributed by atoms with Gasteiger partial charge in [0.15, 0.2) is 0 Å². The Balaban J connectivity index is 2.21. The van der Waals surface area contributed by atoms with Crippen molar-refractivity contribution in [3.63, 3.8) is 0 Å². The van der Waals surface area contributed by atoms with Crippen molar-refractivity contribution in [2.24, 2.45) is 5.73 Å². The number of aromatic nitrogens is 1. The van der Waals surface area contributed by atoms with Crippen LogP contribution in [0.3, 0.4) is 0 Å². The number of nitrogens with zero attached hydrogens (tertiary/aromatic N) is 2. The fourth-order valence-corrected chi connectivity index (χ4v) is 2.04. The highest BCUT2D eigenvalue weighted by Gasteiger charge is 2.11. The molecule has 0 fully saturated rings. The van der Waals surface area contributed by atoms with Gasteiger partial charge in [-0.15, -0.1) is 0 Å². The van der Waals surface area contributed by atoms with Gasteiger partial charge in [0.25, 0.3) is 0 Å². The molecule has 4 N–H and O–H groups in total. The minimum atomic E-state index is -0.398. The number of carbonyl (C=O) groups is 1. The van der Waals surface area contributed by atoms with E-state index < -0.39 is 5.91 Å². The molecule has 1 aromatic heterocycles. The van der Waals surface area contributed by atoms with Gasteiger partial charge in [-0.3, -0.25) is 4.79 Å². The molecular formula is C14H15BrN4O. The molecule has 0 radical (unpaired) electrons. The monoisotopic (exact) mass is 334 g/mol. The minimum absolute atomic E-state index is 0.110. The van der Waals surface area contributed by atoms with Crippen molar-refractivity contribution >= 4 is 33.3 Å². The van der Waals surface area contributed by atoms with Crippen molar-refractivity contribution in [1.29, 1.82) is 0 Å². The SMILES string of the molecule is NC(=O)CN(Cc1ccc(N)cc1)c1ccc(Br)cn1. The molecule has 6 heteroatoms. The smallest absolute Gasteiger partial charge is 0.237 e. The molecule has 0 atom stereocenters. The molecule has 0 aliphatic carbocycles. The van der Waals surface area contributed by atoms with E-state index >= 15 is 0 Å². The summed E-state index contributed by atoms with van der Waals surface area (Å²) in [6.07, 6.45) is 1.69. The molecule has 5 nitrogen and oxygen atoms in total. The second kappa shape index (κ2) is 6.38. The van der Waals surface area contributed by atoms with E-state index in [1.807, 2.05) is 41.3 Å². The van der Waals surface area contributed by atoms with E-state index in [0.717, 1.165) is 10.0 Å². The lowest BCUT2D eigenvalue weighted by atomic mass is 10.2. The van der Waals surface area contributed by atoms with Crippen molar-refractivity contribution in [3.05, 3.63) is 52.6 Å². The highest BCUT2D eigenvalue weighted by atomic mass is 79.9. The zero-order chi connectivity index (χ0) is 14.5. The second-order valence-electron chi connectivity index (χ2n) is 4.40. The fraction of sp³-hybridized carbons (Fsp3) is 0.143. The Labute approximate surface area is 125 Å². The molecule has 20 heavy (non-hydrogen) atoms. The highest BCUT2D eigenvalue weighted by Crippen LogP contribution is 2.17. The van der Waals surface area contributed by atoms with Gasteiger partial charge in [-0.25, -0.2) is 4.98 Å². The van der Waals surface area contributed by atoms with E-state index in [1.54, 1.807) is 6.20 Å². The van der Waals surface area contributed by atoms with Crippen LogP contribution in [0.4, 0.5) is 11.5 Å². The molecule has 1 amide bonds. The summed E-state index contributed by atoms with van der Waals surface area (Å²) in [5, 5.41) is 0. The number of hydrogen-bond donors (Lipinski definition) is 2. The van der Waals surface area contributed by atoms with E-state index in [2.05, 4.69) is 20.9 Å². The standard InChI is InChI=1S/C14H15BrN4O/c15-11-3-6-14(18-7-11)19(9-13(17)20)8-10-1-4-12(16)5-2-10/h1-7H,8-9,16H2,(H2,17,20). The molecule has 0 bridgehead atoms. The highest BCUT2D eigenvalue weighted by molar-refractivity contribution is 9.10. The quantitative estimate of drug-likeness (QED) is 0.818. The molecule has 0 unspecified atom stereocenters. The number of hydrogen-bond acceptors (Lipinski definition) is 4. The van der Waals surface area contributed by atoms with Crippen LogP contribution >= 0.6 is 15.9 Å². The van der Waals surface area contributed by atoms with Crippen molar-refractivity contribution < 1.29 is 4.79 Å². The third kappa shape index (κ3) is 3.96. The van der Waals surface area contributed by atoms with Crippen LogP contribution in [0.25, 0.3) is 0 Å². The van der Waals surface area contributed by atoms with Gasteiger partial charge in [0.05, 0.1) is 6.54 Å². The Hall–Kier alpha value is -2.08. The molecule has 0 saturated carbocycles. The van der Waals surface area contributed by atoms with Gasteiger partial charge in [-0.2, -0.15) is 0 Å². The Kier molecular flexibility index (Phi) is 4.57. The first-order chi connectivity index (χ1) is 9.54. The van der Waals surface area contributed by atoms with Crippen LogP contribution in [0.2, 0.25) is 0 Å². The zero-order valence-electron chi connectivity index (χ0n) is 10.8. The Morgan fingerprint density at radius 3 is 2.45 bits per heavy atom. The van der Waals surface area contributed by atoms with E-state index in [-0.39, 0.29) is 6.54 Å². The maximum absolute atomic E-state index is 11.2. The molecule has 2 rings (SSSR count). The molecule has 1 aromatic carbocycles. The Morgan fingerprint density at radius 1 is 1.20 bits per heavy atom. The van der Waals surface area contributed by atoms with E-state index in [9.17, 15) is 4.79 Å². The normalized spacial score (nSPS) is 10.2. The Bertz CT molecular complexity index is 583. The van der Waals surface area contributed by atoms with Crippen LogP contribution in [0.5, 0.6) is 0 Å². The number of benzene rings is 1. The molecule has 0 aliphatic heterocycles. The topological polar surface area (TPSA) is 85.2 Å². The number of amides is 1. The first kappa shape index (κ1) is 14.3. The number of carbonyl (C=O) groups excluding carboxylic acids is 1. The summed E-state index contributed by atoms with van der Waals surface area (Å²) in [5.74, 6) is 0.300. The van der Waals surface area contributed by atoms with Gasteiger partial charge >= 0.3 is 0 Å². The van der Waals surface area contributed by atoms with E-state index in [0.29, 0.717) is 18.1 Å². The second-order valence-corrected chi connectivity index (χ2v) is 5.31. The van der Waals surface area contributed by atoms with Gasteiger partial charge in [0.1, 0.15) is 5.82 Å². The maximum atomic E-state index is 11.2. The largest absolute Gasteiger partial charge is 0.399 e.